The van der Waals surface area contributed by atoms with Crippen molar-refractivity contribution in [2.75, 3.05) is 0 Å². The highest BCUT2D eigenvalue weighted by Gasteiger charge is 2.72. The summed E-state index contributed by atoms with van der Waals surface area (Å²) in [7, 11) is -4.23. The maximum Gasteiger partial charge on any atom is 0.323 e. The Balaban J connectivity index is 1.93. The molecule has 1 heterocycles. The predicted octanol–water partition coefficient (Wildman–Crippen LogP) is -0.376. The quantitative estimate of drug-likeness (QED) is 0.415. The summed E-state index contributed by atoms with van der Waals surface area (Å²) in [5.41, 5.74) is -1.50. The molecule has 0 aromatic carbocycles. The van der Waals surface area contributed by atoms with Crippen LogP contribution in [0.3, 0.4) is 0 Å². The zero-order chi connectivity index (χ0) is 22.1. The minimum Gasteiger partial charge on any atom is -0.544 e. The van der Waals surface area contributed by atoms with Crippen molar-refractivity contribution in [3.05, 3.63) is 0 Å². The standard InChI is InChI=1S/C17H22F2O9S/c1-6(20)26-10-7-5-8-11(10)28-29(24,25)12(8)9(7)13(21)27-14(16(2,3)4)17(18,19)15(22)23/h7-12,14H,5H2,1-4H3,(H,22,23)/p-1. The third kappa shape index (κ3) is 3.39. The Morgan fingerprint density at radius 3 is 2.24 bits per heavy atom. The average molecular weight is 439 g/mol. The zero-order valence-corrected chi connectivity index (χ0v) is 16.9. The Hall–Kier alpha value is -1.82. The molecule has 0 N–H and O–H groups in total. The molecule has 0 aromatic rings. The molecule has 3 fully saturated rings. The molecular weight excluding hydrogens is 418 g/mol. The fourth-order valence-corrected chi connectivity index (χ4v) is 6.80. The van der Waals surface area contributed by atoms with Gasteiger partial charge in [0, 0.05) is 24.2 Å². The SMILES string of the molecule is CC(=O)OC1C2CC3C1OS(=O)(=O)C3C2C(=O)OC(C(C)(C)C)C(F)(F)C(=O)[O-]. The van der Waals surface area contributed by atoms with Crippen molar-refractivity contribution in [1.29, 1.82) is 0 Å². The highest BCUT2D eigenvalue weighted by atomic mass is 32.2. The summed E-state index contributed by atoms with van der Waals surface area (Å²) in [6.07, 6.45) is -4.22. The first-order valence-corrected chi connectivity index (χ1v) is 10.4. The predicted molar refractivity (Wildman–Crippen MR) is 87.5 cm³/mol. The molecule has 7 atom stereocenters. The molecule has 1 saturated heterocycles. The van der Waals surface area contributed by atoms with Gasteiger partial charge in [0.05, 0.1) is 5.92 Å². The molecule has 3 aliphatic rings. The second kappa shape index (κ2) is 6.59. The number of carboxylic acid groups (broad SMARTS) is 1. The molecule has 2 saturated carbocycles. The molecule has 0 amide bonds. The van der Waals surface area contributed by atoms with Gasteiger partial charge in [0.2, 0.25) is 0 Å². The summed E-state index contributed by atoms with van der Waals surface area (Å²) in [6.45, 7) is 4.84. The Labute approximate surface area is 165 Å². The van der Waals surface area contributed by atoms with E-state index in [4.69, 9.17) is 13.7 Å². The second-order valence-electron chi connectivity index (χ2n) is 8.77. The van der Waals surface area contributed by atoms with Crippen LogP contribution in [0.15, 0.2) is 0 Å². The van der Waals surface area contributed by atoms with Gasteiger partial charge in [-0.05, 0) is 6.42 Å². The number of hydrogen-bond acceptors (Lipinski definition) is 9. The van der Waals surface area contributed by atoms with Crippen molar-refractivity contribution in [3.8, 4) is 0 Å². The van der Waals surface area contributed by atoms with Gasteiger partial charge in [-0.25, -0.2) is 0 Å². The fourth-order valence-electron chi connectivity index (χ4n) is 4.74. The van der Waals surface area contributed by atoms with Crippen LogP contribution < -0.4 is 5.11 Å². The molecule has 3 rings (SSSR count). The van der Waals surface area contributed by atoms with Gasteiger partial charge in [0.1, 0.15) is 23.4 Å². The van der Waals surface area contributed by atoms with Crippen molar-refractivity contribution in [3.63, 3.8) is 0 Å². The van der Waals surface area contributed by atoms with E-state index < -0.39 is 80.7 Å². The van der Waals surface area contributed by atoms with Crippen LogP contribution in [-0.4, -0.2) is 55.8 Å². The van der Waals surface area contributed by atoms with E-state index in [1.165, 1.54) is 20.8 Å². The van der Waals surface area contributed by atoms with Crippen LogP contribution in [0.2, 0.25) is 0 Å². The number of esters is 2. The maximum absolute atomic E-state index is 14.2. The van der Waals surface area contributed by atoms with Crippen molar-refractivity contribution < 1.29 is 50.3 Å². The highest BCUT2D eigenvalue weighted by Crippen LogP contribution is 2.59. The monoisotopic (exact) mass is 439 g/mol. The van der Waals surface area contributed by atoms with E-state index in [1.54, 1.807) is 0 Å². The topological polar surface area (TPSA) is 136 Å². The van der Waals surface area contributed by atoms with Crippen LogP contribution in [0.25, 0.3) is 0 Å². The normalized spacial score (nSPS) is 35.9. The molecule has 0 radical (unpaired) electrons. The van der Waals surface area contributed by atoms with Crippen LogP contribution in [0.4, 0.5) is 8.78 Å². The van der Waals surface area contributed by atoms with E-state index >= 15 is 0 Å². The molecule has 164 valence electrons. The molecule has 0 spiro atoms. The molecule has 29 heavy (non-hydrogen) atoms. The third-order valence-electron chi connectivity index (χ3n) is 5.72. The summed E-state index contributed by atoms with van der Waals surface area (Å²) < 4.78 is 68.2. The van der Waals surface area contributed by atoms with Gasteiger partial charge in [-0.2, -0.15) is 17.2 Å². The number of rotatable bonds is 5. The van der Waals surface area contributed by atoms with E-state index in [2.05, 4.69) is 0 Å². The molecule has 9 nitrogen and oxygen atoms in total. The molecule has 1 aliphatic heterocycles. The Kier molecular flexibility index (Phi) is 4.97. The summed E-state index contributed by atoms with van der Waals surface area (Å²) in [6, 6.07) is 0. The Bertz CT molecular complexity index is 847. The molecule has 7 unspecified atom stereocenters. The van der Waals surface area contributed by atoms with Crippen molar-refractivity contribution >= 4 is 28.0 Å². The number of halogens is 2. The maximum atomic E-state index is 14.2. The lowest BCUT2D eigenvalue weighted by molar-refractivity contribution is -0.339. The minimum atomic E-state index is -4.51. The molecule has 0 aromatic heterocycles. The average Bonchev–Trinajstić information content (AvgIpc) is 3.13. The van der Waals surface area contributed by atoms with Gasteiger partial charge in [-0.1, -0.05) is 20.8 Å². The lowest BCUT2D eigenvalue weighted by atomic mass is 9.83. The number of carbonyl (C=O) groups is 3. The molecule has 12 heteroatoms. The number of alkyl halides is 2. The largest absolute Gasteiger partial charge is 0.544 e. The number of aliphatic carboxylic acids is 1. The minimum absolute atomic E-state index is 0.170. The fraction of sp³-hybridized carbons (Fsp3) is 0.824. The first kappa shape index (κ1) is 21.9. The van der Waals surface area contributed by atoms with Gasteiger partial charge in [-0.15, -0.1) is 0 Å². The van der Waals surface area contributed by atoms with Crippen molar-refractivity contribution in [1.82, 2.24) is 0 Å². The lowest BCUT2D eigenvalue weighted by Crippen LogP contribution is -2.57. The van der Waals surface area contributed by atoms with Crippen LogP contribution in [-0.2, 0) is 38.2 Å². The van der Waals surface area contributed by atoms with Gasteiger partial charge in [0.25, 0.3) is 10.1 Å². The van der Waals surface area contributed by atoms with E-state index in [1.807, 2.05) is 0 Å². The number of hydrogen-bond donors (Lipinski definition) is 0. The Morgan fingerprint density at radius 2 is 1.76 bits per heavy atom. The van der Waals surface area contributed by atoms with E-state index in [0.29, 0.717) is 0 Å². The van der Waals surface area contributed by atoms with Crippen molar-refractivity contribution in [2.45, 2.75) is 63.6 Å². The number of carbonyl (C=O) groups excluding carboxylic acids is 3. The second-order valence-corrected chi connectivity index (χ2v) is 10.5. The third-order valence-corrected chi connectivity index (χ3v) is 7.52. The number of ether oxygens (including phenoxy) is 2. The van der Waals surface area contributed by atoms with Gasteiger partial charge in [0.15, 0.2) is 6.10 Å². The first-order chi connectivity index (χ1) is 13.1. The number of carboxylic acids is 1. The van der Waals surface area contributed by atoms with Gasteiger partial charge in [-0.3, -0.25) is 13.8 Å². The van der Waals surface area contributed by atoms with Crippen LogP contribution in [0, 0.1) is 23.2 Å². The highest BCUT2D eigenvalue weighted by molar-refractivity contribution is 7.87. The smallest absolute Gasteiger partial charge is 0.323 e. The van der Waals surface area contributed by atoms with Gasteiger partial charge >= 0.3 is 17.9 Å². The summed E-state index contributed by atoms with van der Waals surface area (Å²) in [4.78, 5) is 35.1. The van der Waals surface area contributed by atoms with Crippen LogP contribution >= 0.6 is 0 Å². The first-order valence-electron chi connectivity index (χ1n) is 8.98. The summed E-state index contributed by atoms with van der Waals surface area (Å²) in [5.74, 6) is -12.1. The summed E-state index contributed by atoms with van der Waals surface area (Å²) in [5, 5.41) is 9.59. The van der Waals surface area contributed by atoms with Crippen LogP contribution in [0.1, 0.15) is 34.1 Å². The van der Waals surface area contributed by atoms with E-state index in [-0.39, 0.29) is 6.42 Å². The Morgan fingerprint density at radius 1 is 1.17 bits per heavy atom. The molecular formula is C17H21F2O9S-. The number of fused-ring (bicyclic) bond motifs is 1. The van der Waals surface area contributed by atoms with E-state index in [9.17, 15) is 36.7 Å². The molecule has 2 aliphatic carbocycles. The molecule has 2 bridgehead atoms. The lowest BCUT2D eigenvalue weighted by Gasteiger charge is -2.38. The van der Waals surface area contributed by atoms with Crippen molar-refractivity contribution in [2.24, 2.45) is 23.2 Å². The van der Waals surface area contributed by atoms with Gasteiger partial charge < -0.3 is 19.4 Å². The van der Waals surface area contributed by atoms with E-state index in [0.717, 1.165) is 6.92 Å². The zero-order valence-electron chi connectivity index (χ0n) is 16.1. The van der Waals surface area contributed by atoms with Crippen LogP contribution in [0.5, 0.6) is 0 Å². The summed E-state index contributed by atoms with van der Waals surface area (Å²) >= 11 is 0.